The molecule has 0 unspecified atom stereocenters. The molecular formula is C13H18N2O. The number of fused-ring (bicyclic) bond motifs is 1. The summed E-state index contributed by atoms with van der Waals surface area (Å²) in [6, 6.07) is 6.11. The Kier molecular flexibility index (Phi) is 2.72. The van der Waals surface area contributed by atoms with Crippen LogP contribution in [0.5, 0.6) is 0 Å². The number of benzene rings is 1. The predicted molar refractivity (Wildman–Crippen MR) is 65.4 cm³/mol. The topological polar surface area (TPSA) is 55.1 Å². The number of carbonyl (C=O) groups excluding carboxylic acids is 1. The quantitative estimate of drug-likeness (QED) is 0.796. The minimum atomic E-state index is -0.834. The third-order valence-corrected chi connectivity index (χ3v) is 2.94. The zero-order chi connectivity index (χ0) is 11.8. The van der Waals surface area contributed by atoms with Crippen LogP contribution in [0, 0.1) is 0 Å². The van der Waals surface area contributed by atoms with Crippen molar-refractivity contribution in [3.8, 4) is 0 Å². The highest BCUT2D eigenvalue weighted by Crippen LogP contribution is 2.25. The second-order valence-corrected chi connectivity index (χ2v) is 5.01. The summed E-state index contributed by atoms with van der Waals surface area (Å²) in [7, 11) is 0. The third kappa shape index (κ3) is 2.25. The zero-order valence-corrected chi connectivity index (χ0v) is 9.84. The van der Waals surface area contributed by atoms with Gasteiger partial charge in [-0.05, 0) is 56.4 Å². The van der Waals surface area contributed by atoms with Gasteiger partial charge >= 0.3 is 0 Å². The Bertz CT molecular complexity index is 418. The highest BCUT2D eigenvalue weighted by Gasteiger charge is 2.22. The molecule has 0 radical (unpaired) electrons. The Labute approximate surface area is 96.0 Å². The molecule has 0 heterocycles. The fraction of sp³-hybridized carbons (Fsp3) is 0.462. The molecule has 0 saturated heterocycles. The van der Waals surface area contributed by atoms with Gasteiger partial charge in [-0.25, -0.2) is 0 Å². The van der Waals surface area contributed by atoms with Gasteiger partial charge in [0.05, 0.1) is 5.54 Å². The smallest absolute Gasteiger partial charge is 0.243 e. The fourth-order valence-corrected chi connectivity index (χ4v) is 1.94. The lowest BCUT2D eigenvalue weighted by Gasteiger charge is -2.18. The zero-order valence-electron chi connectivity index (χ0n) is 9.84. The Morgan fingerprint density at radius 1 is 1.31 bits per heavy atom. The number of carbonyl (C=O) groups is 1. The second-order valence-electron chi connectivity index (χ2n) is 5.01. The van der Waals surface area contributed by atoms with E-state index in [0.29, 0.717) is 0 Å². The minimum absolute atomic E-state index is 0.148. The molecule has 0 bridgehead atoms. The van der Waals surface area contributed by atoms with Crippen LogP contribution in [0.15, 0.2) is 18.2 Å². The first-order valence-corrected chi connectivity index (χ1v) is 5.69. The van der Waals surface area contributed by atoms with Gasteiger partial charge in [-0.2, -0.15) is 0 Å². The molecule has 3 heteroatoms. The lowest BCUT2D eigenvalue weighted by molar-refractivity contribution is -0.120. The average Bonchev–Trinajstić information content (AvgIpc) is 2.63. The lowest BCUT2D eigenvalue weighted by Crippen LogP contribution is -2.45. The van der Waals surface area contributed by atoms with Crippen molar-refractivity contribution < 1.29 is 4.79 Å². The molecule has 1 aromatic carbocycles. The van der Waals surface area contributed by atoms with E-state index in [4.69, 9.17) is 5.73 Å². The summed E-state index contributed by atoms with van der Waals surface area (Å²) >= 11 is 0. The molecule has 1 amide bonds. The van der Waals surface area contributed by atoms with Gasteiger partial charge in [0.2, 0.25) is 5.91 Å². The van der Waals surface area contributed by atoms with E-state index in [2.05, 4.69) is 17.4 Å². The summed E-state index contributed by atoms with van der Waals surface area (Å²) in [5.41, 5.74) is 8.51. The lowest BCUT2D eigenvalue weighted by atomic mass is 10.1. The average molecular weight is 218 g/mol. The predicted octanol–water partition coefficient (Wildman–Crippen LogP) is 1.85. The number of nitrogens with one attached hydrogen (secondary N) is 1. The Balaban J connectivity index is 2.14. The summed E-state index contributed by atoms with van der Waals surface area (Å²) in [5, 5.41) is 2.85. The second kappa shape index (κ2) is 3.91. The van der Waals surface area contributed by atoms with Crippen molar-refractivity contribution in [2.45, 2.75) is 38.6 Å². The molecule has 86 valence electrons. The Morgan fingerprint density at radius 2 is 2.00 bits per heavy atom. The first-order chi connectivity index (χ1) is 7.47. The van der Waals surface area contributed by atoms with Gasteiger partial charge in [0.25, 0.3) is 0 Å². The molecule has 0 fully saturated rings. The standard InChI is InChI=1S/C13H18N2O/c1-13(2,14)12(16)15-11-7-6-9-4-3-5-10(9)8-11/h6-8H,3-5,14H2,1-2H3,(H,15,16). The van der Waals surface area contributed by atoms with Crippen molar-refractivity contribution >= 4 is 11.6 Å². The number of amides is 1. The van der Waals surface area contributed by atoms with Gasteiger partial charge in [0, 0.05) is 5.69 Å². The number of nitrogens with two attached hydrogens (primary N) is 1. The molecule has 0 aromatic heterocycles. The highest BCUT2D eigenvalue weighted by atomic mass is 16.2. The number of hydrogen-bond acceptors (Lipinski definition) is 2. The van der Waals surface area contributed by atoms with Crippen LogP contribution in [-0.2, 0) is 17.6 Å². The molecule has 0 aliphatic heterocycles. The monoisotopic (exact) mass is 218 g/mol. The first kappa shape index (κ1) is 11.1. The van der Waals surface area contributed by atoms with Crippen molar-refractivity contribution in [1.82, 2.24) is 0 Å². The maximum Gasteiger partial charge on any atom is 0.243 e. The van der Waals surface area contributed by atoms with Crippen molar-refractivity contribution in [1.29, 1.82) is 0 Å². The summed E-state index contributed by atoms with van der Waals surface area (Å²) in [4.78, 5) is 11.7. The number of rotatable bonds is 2. The first-order valence-electron chi connectivity index (χ1n) is 5.69. The van der Waals surface area contributed by atoms with Gasteiger partial charge in [-0.15, -0.1) is 0 Å². The summed E-state index contributed by atoms with van der Waals surface area (Å²) < 4.78 is 0. The number of hydrogen-bond donors (Lipinski definition) is 2. The summed E-state index contributed by atoms with van der Waals surface area (Å²) in [6.07, 6.45) is 3.49. The molecule has 3 nitrogen and oxygen atoms in total. The van der Waals surface area contributed by atoms with Crippen molar-refractivity contribution in [3.63, 3.8) is 0 Å². The van der Waals surface area contributed by atoms with Crippen LogP contribution in [0.3, 0.4) is 0 Å². The van der Waals surface area contributed by atoms with Crippen LogP contribution in [0.25, 0.3) is 0 Å². The molecule has 3 N–H and O–H groups in total. The third-order valence-electron chi connectivity index (χ3n) is 2.94. The van der Waals surface area contributed by atoms with Crippen LogP contribution < -0.4 is 11.1 Å². The molecule has 1 aliphatic carbocycles. The fourth-order valence-electron chi connectivity index (χ4n) is 1.94. The molecule has 0 atom stereocenters. The van der Waals surface area contributed by atoms with Gasteiger partial charge in [0.1, 0.15) is 0 Å². The van der Waals surface area contributed by atoms with Gasteiger partial charge in [0.15, 0.2) is 0 Å². The van der Waals surface area contributed by atoms with Crippen molar-refractivity contribution in [3.05, 3.63) is 29.3 Å². The largest absolute Gasteiger partial charge is 0.325 e. The van der Waals surface area contributed by atoms with Crippen LogP contribution in [-0.4, -0.2) is 11.4 Å². The molecule has 1 aromatic rings. The number of aryl methyl sites for hydroxylation is 2. The van der Waals surface area contributed by atoms with E-state index >= 15 is 0 Å². The van der Waals surface area contributed by atoms with E-state index < -0.39 is 5.54 Å². The van der Waals surface area contributed by atoms with E-state index in [-0.39, 0.29) is 5.91 Å². The molecule has 2 rings (SSSR count). The van der Waals surface area contributed by atoms with E-state index in [9.17, 15) is 4.79 Å². The number of anilines is 1. The normalized spacial score (nSPS) is 14.7. The maximum atomic E-state index is 11.7. The molecular weight excluding hydrogens is 200 g/mol. The van der Waals surface area contributed by atoms with Crippen LogP contribution in [0.1, 0.15) is 31.4 Å². The minimum Gasteiger partial charge on any atom is -0.325 e. The van der Waals surface area contributed by atoms with Crippen LogP contribution in [0.2, 0.25) is 0 Å². The van der Waals surface area contributed by atoms with E-state index in [1.54, 1.807) is 13.8 Å². The summed E-state index contributed by atoms with van der Waals surface area (Å²) in [6.45, 7) is 3.41. The van der Waals surface area contributed by atoms with Gasteiger partial charge in [-0.3, -0.25) is 4.79 Å². The van der Waals surface area contributed by atoms with Crippen LogP contribution >= 0.6 is 0 Å². The van der Waals surface area contributed by atoms with E-state index in [1.807, 2.05) is 6.07 Å². The molecule has 0 spiro atoms. The van der Waals surface area contributed by atoms with Gasteiger partial charge < -0.3 is 11.1 Å². The maximum absolute atomic E-state index is 11.7. The van der Waals surface area contributed by atoms with E-state index in [1.165, 1.54) is 17.5 Å². The van der Waals surface area contributed by atoms with Crippen molar-refractivity contribution in [2.75, 3.05) is 5.32 Å². The van der Waals surface area contributed by atoms with Gasteiger partial charge in [-0.1, -0.05) is 6.07 Å². The van der Waals surface area contributed by atoms with Crippen molar-refractivity contribution in [2.24, 2.45) is 5.73 Å². The molecule has 16 heavy (non-hydrogen) atoms. The van der Waals surface area contributed by atoms with E-state index in [0.717, 1.165) is 18.5 Å². The Hall–Kier alpha value is -1.35. The summed E-state index contributed by atoms with van der Waals surface area (Å²) in [5.74, 6) is -0.148. The highest BCUT2D eigenvalue weighted by molar-refractivity contribution is 5.97. The molecule has 1 aliphatic rings. The Morgan fingerprint density at radius 3 is 2.69 bits per heavy atom. The SMILES string of the molecule is CC(C)(N)C(=O)Nc1ccc2c(c1)CCC2. The molecule has 0 saturated carbocycles. The van der Waals surface area contributed by atoms with Crippen LogP contribution in [0.4, 0.5) is 5.69 Å².